The molecule has 0 saturated heterocycles. The highest BCUT2D eigenvalue weighted by molar-refractivity contribution is 5.97. The standard InChI is InChI=1S/C18H27NO4/c1-11-10-23-14(9-15(20)21)16(11)17(22)19-13-8-6-5-7-12(13)18(2,3)4/h10,12-13H,5-9H2,1-4H3,(H,19,22)(H,20,21). The second-order valence-corrected chi connectivity index (χ2v) is 7.62. The number of aryl methyl sites for hydroxylation is 1. The van der Waals surface area contributed by atoms with Gasteiger partial charge in [0.2, 0.25) is 0 Å². The Bertz CT molecular complexity index is 582. The van der Waals surface area contributed by atoms with Crippen LogP contribution in [0.5, 0.6) is 0 Å². The first kappa shape index (κ1) is 17.6. The molecule has 1 fully saturated rings. The third-order valence-electron chi connectivity index (χ3n) is 4.78. The summed E-state index contributed by atoms with van der Waals surface area (Å²) in [5.74, 6) is -0.557. The number of carbonyl (C=O) groups is 2. The maximum absolute atomic E-state index is 12.7. The Hall–Kier alpha value is -1.78. The smallest absolute Gasteiger partial charge is 0.311 e. The summed E-state index contributed by atoms with van der Waals surface area (Å²) < 4.78 is 5.27. The number of hydrogen-bond donors (Lipinski definition) is 2. The second-order valence-electron chi connectivity index (χ2n) is 7.62. The lowest BCUT2D eigenvalue weighted by Crippen LogP contribution is -2.46. The number of hydrogen-bond acceptors (Lipinski definition) is 3. The van der Waals surface area contributed by atoms with E-state index >= 15 is 0 Å². The monoisotopic (exact) mass is 321 g/mol. The summed E-state index contributed by atoms with van der Waals surface area (Å²) in [7, 11) is 0. The first-order valence-corrected chi connectivity index (χ1v) is 8.29. The van der Waals surface area contributed by atoms with Crippen molar-refractivity contribution in [1.29, 1.82) is 0 Å². The van der Waals surface area contributed by atoms with Gasteiger partial charge in [-0.1, -0.05) is 33.6 Å². The van der Waals surface area contributed by atoms with E-state index in [9.17, 15) is 9.59 Å². The van der Waals surface area contributed by atoms with E-state index in [1.165, 1.54) is 12.7 Å². The Labute approximate surface area is 137 Å². The summed E-state index contributed by atoms with van der Waals surface area (Å²) in [6.45, 7) is 8.40. The molecule has 1 aliphatic carbocycles. The summed E-state index contributed by atoms with van der Waals surface area (Å²) >= 11 is 0. The highest BCUT2D eigenvalue weighted by Gasteiger charge is 2.35. The number of aliphatic carboxylic acids is 1. The van der Waals surface area contributed by atoms with Gasteiger partial charge in [0.15, 0.2) is 0 Å². The first-order valence-electron chi connectivity index (χ1n) is 8.29. The van der Waals surface area contributed by atoms with Crippen LogP contribution in [0.25, 0.3) is 0 Å². The summed E-state index contributed by atoms with van der Waals surface area (Å²) in [6, 6.07) is 0.128. The van der Waals surface area contributed by atoms with Gasteiger partial charge in [-0.05, 0) is 31.1 Å². The van der Waals surface area contributed by atoms with Crippen LogP contribution in [0.15, 0.2) is 10.7 Å². The molecule has 5 nitrogen and oxygen atoms in total. The number of carboxylic acids is 1. The van der Waals surface area contributed by atoms with Crippen molar-refractivity contribution in [2.75, 3.05) is 0 Å². The molecule has 5 heteroatoms. The number of amides is 1. The van der Waals surface area contributed by atoms with Crippen molar-refractivity contribution >= 4 is 11.9 Å². The van der Waals surface area contributed by atoms with Gasteiger partial charge in [-0.2, -0.15) is 0 Å². The first-order chi connectivity index (χ1) is 10.7. The SMILES string of the molecule is Cc1coc(CC(=O)O)c1C(=O)NC1CCCCC1C(C)(C)C. The van der Waals surface area contributed by atoms with Crippen molar-refractivity contribution in [3.63, 3.8) is 0 Å². The molecule has 128 valence electrons. The van der Waals surface area contributed by atoms with Crippen LogP contribution >= 0.6 is 0 Å². The zero-order chi connectivity index (χ0) is 17.2. The van der Waals surface area contributed by atoms with Crippen LogP contribution in [0.2, 0.25) is 0 Å². The molecule has 2 N–H and O–H groups in total. The third kappa shape index (κ3) is 4.15. The minimum atomic E-state index is -1.00. The maximum atomic E-state index is 12.7. The fourth-order valence-electron chi connectivity index (χ4n) is 3.65. The zero-order valence-corrected chi connectivity index (χ0v) is 14.4. The minimum Gasteiger partial charge on any atom is -0.481 e. The van der Waals surface area contributed by atoms with E-state index in [1.54, 1.807) is 6.92 Å². The van der Waals surface area contributed by atoms with Crippen LogP contribution in [0.3, 0.4) is 0 Å². The van der Waals surface area contributed by atoms with Crippen molar-refractivity contribution in [2.24, 2.45) is 11.3 Å². The van der Waals surface area contributed by atoms with E-state index in [0.717, 1.165) is 19.3 Å². The molecule has 0 aromatic carbocycles. The molecule has 23 heavy (non-hydrogen) atoms. The summed E-state index contributed by atoms with van der Waals surface area (Å²) in [4.78, 5) is 23.6. The van der Waals surface area contributed by atoms with Gasteiger partial charge in [-0.15, -0.1) is 0 Å². The van der Waals surface area contributed by atoms with Crippen LogP contribution in [-0.4, -0.2) is 23.0 Å². The molecule has 1 amide bonds. The van der Waals surface area contributed by atoms with Gasteiger partial charge < -0.3 is 14.8 Å². The lowest BCUT2D eigenvalue weighted by atomic mass is 9.69. The quantitative estimate of drug-likeness (QED) is 0.889. The maximum Gasteiger partial charge on any atom is 0.311 e. The van der Waals surface area contributed by atoms with Crippen LogP contribution in [0, 0.1) is 18.3 Å². The molecule has 0 radical (unpaired) electrons. The molecule has 0 spiro atoms. The number of rotatable bonds is 4. The van der Waals surface area contributed by atoms with Crippen LogP contribution in [-0.2, 0) is 11.2 Å². The Morgan fingerprint density at radius 3 is 2.57 bits per heavy atom. The van der Waals surface area contributed by atoms with Gasteiger partial charge in [-0.3, -0.25) is 9.59 Å². The van der Waals surface area contributed by atoms with Crippen LogP contribution < -0.4 is 5.32 Å². The summed E-state index contributed by atoms with van der Waals surface area (Å²) in [5.41, 5.74) is 1.20. The average Bonchev–Trinajstić information content (AvgIpc) is 2.78. The fourth-order valence-corrected chi connectivity index (χ4v) is 3.65. The van der Waals surface area contributed by atoms with Crippen molar-refractivity contribution in [2.45, 2.75) is 65.8 Å². The van der Waals surface area contributed by atoms with E-state index in [1.807, 2.05) is 0 Å². The Kier molecular flexibility index (Phi) is 5.17. The van der Waals surface area contributed by atoms with E-state index in [-0.39, 0.29) is 29.5 Å². The summed E-state index contributed by atoms with van der Waals surface area (Å²) in [5, 5.41) is 12.1. The van der Waals surface area contributed by atoms with Gasteiger partial charge >= 0.3 is 5.97 Å². The molecule has 1 aromatic rings. The number of nitrogens with one attached hydrogen (secondary N) is 1. The molecule has 2 rings (SSSR count). The molecule has 1 aromatic heterocycles. The highest BCUT2D eigenvalue weighted by atomic mass is 16.4. The molecule has 2 atom stereocenters. The summed E-state index contributed by atoms with van der Waals surface area (Å²) in [6.07, 6.45) is 5.58. The van der Waals surface area contributed by atoms with E-state index in [0.29, 0.717) is 17.0 Å². The minimum absolute atomic E-state index is 0.128. The number of carbonyl (C=O) groups excluding carboxylic acids is 1. The predicted octanol–water partition coefficient (Wildman–Crippen LogP) is 3.55. The second kappa shape index (κ2) is 6.77. The van der Waals surface area contributed by atoms with Crippen molar-refractivity contribution < 1.29 is 19.1 Å². The van der Waals surface area contributed by atoms with Gasteiger partial charge in [0.05, 0.1) is 11.8 Å². The van der Waals surface area contributed by atoms with Crippen molar-refractivity contribution in [3.05, 3.63) is 23.2 Å². The molecule has 0 aliphatic heterocycles. The van der Waals surface area contributed by atoms with Crippen LogP contribution in [0.1, 0.15) is 68.1 Å². The molecular formula is C18H27NO4. The largest absolute Gasteiger partial charge is 0.481 e. The average molecular weight is 321 g/mol. The molecular weight excluding hydrogens is 294 g/mol. The fraction of sp³-hybridized carbons (Fsp3) is 0.667. The van der Waals surface area contributed by atoms with E-state index < -0.39 is 5.97 Å². The van der Waals surface area contributed by atoms with Crippen molar-refractivity contribution in [1.82, 2.24) is 5.32 Å². The normalized spacial score (nSPS) is 21.9. The van der Waals surface area contributed by atoms with Gasteiger partial charge in [0.25, 0.3) is 5.91 Å². The molecule has 1 saturated carbocycles. The lowest BCUT2D eigenvalue weighted by molar-refractivity contribution is -0.136. The predicted molar refractivity (Wildman–Crippen MR) is 87.5 cm³/mol. The molecule has 0 bridgehead atoms. The highest BCUT2D eigenvalue weighted by Crippen LogP contribution is 2.38. The van der Waals surface area contributed by atoms with E-state index in [4.69, 9.17) is 9.52 Å². The number of carboxylic acid groups (broad SMARTS) is 1. The molecule has 1 aliphatic rings. The lowest BCUT2D eigenvalue weighted by Gasteiger charge is -2.40. The Balaban J connectivity index is 2.18. The van der Waals surface area contributed by atoms with Gasteiger partial charge in [0, 0.05) is 11.6 Å². The Morgan fingerprint density at radius 1 is 1.30 bits per heavy atom. The zero-order valence-electron chi connectivity index (χ0n) is 14.4. The topological polar surface area (TPSA) is 79.5 Å². The molecule has 1 heterocycles. The third-order valence-corrected chi connectivity index (χ3v) is 4.78. The van der Waals surface area contributed by atoms with Crippen molar-refractivity contribution in [3.8, 4) is 0 Å². The van der Waals surface area contributed by atoms with E-state index in [2.05, 4.69) is 26.1 Å². The number of furan rings is 1. The van der Waals surface area contributed by atoms with Crippen LogP contribution in [0.4, 0.5) is 0 Å². The molecule has 2 unspecified atom stereocenters. The van der Waals surface area contributed by atoms with Gasteiger partial charge in [0.1, 0.15) is 12.2 Å². The Morgan fingerprint density at radius 2 is 1.96 bits per heavy atom. The van der Waals surface area contributed by atoms with Gasteiger partial charge in [-0.25, -0.2) is 0 Å².